The number of likely N-dealkylation sites (tertiary alicyclic amines) is 1. The molecule has 2 fully saturated rings. The molecule has 0 saturated carbocycles. The van der Waals surface area contributed by atoms with Gasteiger partial charge in [-0.1, -0.05) is 19.4 Å². The van der Waals surface area contributed by atoms with Crippen LogP contribution in [0.4, 0.5) is 20.5 Å². The lowest BCUT2D eigenvalue weighted by Gasteiger charge is -2.19. The number of halogens is 2. The zero-order chi connectivity index (χ0) is 25.2. The summed E-state index contributed by atoms with van der Waals surface area (Å²) in [7, 11) is 0. The molecule has 36 heavy (non-hydrogen) atoms. The zero-order valence-electron chi connectivity index (χ0n) is 20.1. The molecule has 0 radical (unpaired) electrons. The van der Waals surface area contributed by atoms with E-state index in [2.05, 4.69) is 32.6 Å². The van der Waals surface area contributed by atoms with Crippen LogP contribution < -0.4 is 21.1 Å². The highest BCUT2D eigenvalue weighted by molar-refractivity contribution is 5.95. The third-order valence-corrected chi connectivity index (χ3v) is 6.86. The van der Waals surface area contributed by atoms with Crippen molar-refractivity contribution in [1.82, 2.24) is 30.0 Å². The van der Waals surface area contributed by atoms with E-state index in [1.807, 2.05) is 0 Å². The predicted molar refractivity (Wildman–Crippen MR) is 131 cm³/mol. The molecule has 2 aliphatic heterocycles. The number of anilines is 2. The summed E-state index contributed by atoms with van der Waals surface area (Å²) < 4.78 is 33.1. The number of fused-ring (bicyclic) bond motifs is 2. The number of nitrogens with two attached hydrogens (primary N) is 1. The average molecular weight is 501 g/mol. The normalized spacial score (nSPS) is 19.3. The number of aromatic nitrogens is 4. The minimum Gasteiger partial charge on any atom is -0.434 e. The van der Waals surface area contributed by atoms with Crippen molar-refractivity contribution in [2.75, 3.05) is 43.8 Å². The molecule has 2 saturated heterocycles. The van der Waals surface area contributed by atoms with Gasteiger partial charge in [0.25, 0.3) is 5.91 Å². The van der Waals surface area contributed by atoms with Crippen LogP contribution >= 0.6 is 0 Å². The van der Waals surface area contributed by atoms with Gasteiger partial charge in [-0.25, -0.2) is 4.98 Å². The molecule has 2 aliphatic rings. The molecular formula is C24H30F2N8O2. The Morgan fingerprint density at radius 2 is 2.06 bits per heavy atom. The van der Waals surface area contributed by atoms with Gasteiger partial charge in [0, 0.05) is 43.9 Å². The van der Waals surface area contributed by atoms with Crippen LogP contribution in [0, 0.1) is 11.8 Å². The van der Waals surface area contributed by atoms with Crippen molar-refractivity contribution in [3.05, 3.63) is 35.5 Å². The lowest BCUT2D eigenvalue weighted by molar-refractivity contribution is -0.0505. The van der Waals surface area contributed by atoms with Gasteiger partial charge in [0.1, 0.15) is 16.8 Å². The summed E-state index contributed by atoms with van der Waals surface area (Å²) in [5.41, 5.74) is 7.79. The number of carbonyl (C=O) groups is 1. The maximum absolute atomic E-state index is 13.3. The van der Waals surface area contributed by atoms with Gasteiger partial charge < -0.3 is 26.0 Å². The summed E-state index contributed by atoms with van der Waals surface area (Å²) in [4.78, 5) is 23.5. The number of amides is 1. The Morgan fingerprint density at radius 3 is 2.78 bits per heavy atom. The van der Waals surface area contributed by atoms with E-state index >= 15 is 0 Å². The molecule has 1 amide bonds. The lowest BCUT2D eigenvalue weighted by atomic mass is 10.0. The zero-order valence-corrected chi connectivity index (χ0v) is 20.1. The number of hydrogen-bond donors (Lipinski definition) is 3. The number of unbranched alkanes of at least 4 members (excludes halogenated alkanes) is 1. The number of alkyl halides is 2. The number of hydrogen-bond acceptors (Lipinski definition) is 8. The van der Waals surface area contributed by atoms with Crippen molar-refractivity contribution in [3.8, 4) is 5.75 Å². The van der Waals surface area contributed by atoms with E-state index in [9.17, 15) is 13.6 Å². The minimum atomic E-state index is -3.03. The van der Waals surface area contributed by atoms with Crippen LogP contribution in [-0.4, -0.2) is 69.9 Å². The first kappa shape index (κ1) is 24.2. The van der Waals surface area contributed by atoms with Gasteiger partial charge in [-0.15, -0.1) is 0 Å². The average Bonchev–Trinajstić information content (AvgIpc) is 3.55. The SMILES string of the molecule is CCCCNc1nc(N)nc2cnn(Cc3ccc(C(=O)N4C[C@H]5CNC[C@H]5C4)cc3OC(F)F)c12. The predicted octanol–water partition coefficient (Wildman–Crippen LogP) is 2.56. The highest BCUT2D eigenvalue weighted by Crippen LogP contribution is 2.30. The molecule has 0 spiro atoms. The number of nitrogens with one attached hydrogen (secondary N) is 2. The van der Waals surface area contributed by atoms with E-state index in [1.165, 1.54) is 6.07 Å². The van der Waals surface area contributed by atoms with Crippen LogP contribution in [0.1, 0.15) is 35.7 Å². The number of carbonyl (C=O) groups excluding carboxylic acids is 1. The number of rotatable bonds is 9. The van der Waals surface area contributed by atoms with Crippen LogP contribution in [0.2, 0.25) is 0 Å². The fourth-order valence-electron chi connectivity index (χ4n) is 5.03. The topological polar surface area (TPSA) is 123 Å². The van der Waals surface area contributed by atoms with E-state index in [1.54, 1.807) is 27.9 Å². The second-order valence-corrected chi connectivity index (χ2v) is 9.34. The van der Waals surface area contributed by atoms with Crippen molar-refractivity contribution in [2.45, 2.75) is 32.9 Å². The molecule has 2 atom stereocenters. The number of benzene rings is 1. The molecule has 4 N–H and O–H groups in total. The molecule has 1 aromatic carbocycles. The van der Waals surface area contributed by atoms with Crippen molar-refractivity contribution >= 4 is 28.7 Å². The van der Waals surface area contributed by atoms with Crippen molar-refractivity contribution < 1.29 is 18.3 Å². The standard InChI is InChI=1S/C24H30F2N8O2/c1-2-3-6-29-21-20-18(31-24(27)32-21)10-30-34(20)13-15-5-4-14(7-19(15)36-23(25)26)22(35)33-11-16-8-28-9-17(16)12-33/h4-5,7,10,16-17,23,28H,2-3,6,8-9,11-13H2,1H3,(H3,27,29,31,32)/t16-,17+. The molecule has 192 valence electrons. The number of ether oxygens (including phenoxy) is 1. The Bertz CT molecular complexity index is 1240. The molecule has 4 heterocycles. The summed E-state index contributed by atoms with van der Waals surface area (Å²) in [6.45, 7) is 2.99. The Hall–Kier alpha value is -3.54. The van der Waals surface area contributed by atoms with Gasteiger partial charge in [0.05, 0.1) is 12.7 Å². The first-order valence-corrected chi connectivity index (χ1v) is 12.2. The van der Waals surface area contributed by atoms with Gasteiger partial charge >= 0.3 is 6.61 Å². The van der Waals surface area contributed by atoms with E-state index in [0.29, 0.717) is 59.4 Å². The Labute approximate surface area is 207 Å². The molecular weight excluding hydrogens is 470 g/mol. The summed E-state index contributed by atoms with van der Waals surface area (Å²) >= 11 is 0. The molecule has 2 aromatic heterocycles. The van der Waals surface area contributed by atoms with E-state index in [-0.39, 0.29) is 24.1 Å². The van der Waals surface area contributed by atoms with Gasteiger partial charge in [-0.3, -0.25) is 9.48 Å². The maximum atomic E-state index is 13.3. The molecule has 3 aromatic rings. The van der Waals surface area contributed by atoms with E-state index in [4.69, 9.17) is 10.5 Å². The molecule has 0 unspecified atom stereocenters. The molecule has 10 nitrogen and oxygen atoms in total. The smallest absolute Gasteiger partial charge is 0.387 e. The first-order valence-electron chi connectivity index (χ1n) is 12.2. The Morgan fingerprint density at radius 1 is 1.28 bits per heavy atom. The highest BCUT2D eigenvalue weighted by atomic mass is 19.3. The lowest BCUT2D eigenvalue weighted by Crippen LogP contribution is -2.31. The summed E-state index contributed by atoms with van der Waals surface area (Å²) in [6.07, 6.45) is 3.50. The third kappa shape index (κ3) is 4.90. The fourth-order valence-corrected chi connectivity index (χ4v) is 5.03. The van der Waals surface area contributed by atoms with E-state index in [0.717, 1.165) is 25.9 Å². The van der Waals surface area contributed by atoms with Gasteiger partial charge in [-0.05, 0) is 30.4 Å². The number of nitrogen functional groups attached to an aromatic ring is 1. The third-order valence-electron chi connectivity index (χ3n) is 6.86. The fraction of sp³-hybridized carbons (Fsp3) is 0.500. The largest absolute Gasteiger partial charge is 0.434 e. The Balaban J connectivity index is 1.42. The monoisotopic (exact) mass is 500 g/mol. The van der Waals surface area contributed by atoms with Gasteiger partial charge in [0.2, 0.25) is 5.95 Å². The molecule has 0 aliphatic carbocycles. The minimum absolute atomic E-state index is 0.0580. The summed E-state index contributed by atoms with van der Waals surface area (Å²) in [6, 6.07) is 4.69. The second-order valence-electron chi connectivity index (χ2n) is 9.34. The summed E-state index contributed by atoms with van der Waals surface area (Å²) in [5, 5.41) is 11.0. The van der Waals surface area contributed by atoms with E-state index < -0.39 is 6.61 Å². The number of nitrogens with zero attached hydrogens (tertiary/aromatic N) is 5. The highest BCUT2D eigenvalue weighted by Gasteiger charge is 2.38. The van der Waals surface area contributed by atoms with Gasteiger partial charge in [0.15, 0.2) is 5.82 Å². The van der Waals surface area contributed by atoms with Crippen LogP contribution in [0.25, 0.3) is 11.0 Å². The quantitative estimate of drug-likeness (QED) is 0.383. The molecule has 12 heteroatoms. The van der Waals surface area contributed by atoms with Crippen molar-refractivity contribution in [2.24, 2.45) is 11.8 Å². The van der Waals surface area contributed by atoms with Crippen LogP contribution in [0.15, 0.2) is 24.4 Å². The van der Waals surface area contributed by atoms with Crippen LogP contribution in [-0.2, 0) is 6.54 Å². The maximum Gasteiger partial charge on any atom is 0.387 e. The van der Waals surface area contributed by atoms with Crippen molar-refractivity contribution in [1.29, 1.82) is 0 Å². The first-order chi connectivity index (χ1) is 17.4. The van der Waals surface area contributed by atoms with Crippen LogP contribution in [0.5, 0.6) is 5.75 Å². The second kappa shape index (κ2) is 10.2. The molecule has 5 rings (SSSR count). The summed E-state index contributed by atoms with van der Waals surface area (Å²) in [5.74, 6) is 1.29. The van der Waals surface area contributed by atoms with Crippen LogP contribution in [0.3, 0.4) is 0 Å². The Kier molecular flexibility index (Phi) is 6.86. The van der Waals surface area contributed by atoms with Crippen molar-refractivity contribution in [3.63, 3.8) is 0 Å². The molecule has 0 bridgehead atoms. The van der Waals surface area contributed by atoms with Gasteiger partial charge in [-0.2, -0.15) is 18.9 Å².